The second-order valence-electron chi connectivity index (χ2n) is 4.34. The Balaban J connectivity index is 2.13. The van der Waals surface area contributed by atoms with Gasteiger partial charge >= 0.3 is 0 Å². The molecule has 0 atom stereocenters. The Hall–Kier alpha value is -1.55. The van der Waals surface area contributed by atoms with Crippen LogP contribution in [0, 0.1) is 6.92 Å². The minimum Gasteiger partial charge on any atom is -0.342 e. The van der Waals surface area contributed by atoms with E-state index in [4.69, 9.17) is 0 Å². The average molecular weight is 216 g/mol. The zero-order valence-electron chi connectivity index (χ0n) is 9.70. The van der Waals surface area contributed by atoms with Crippen molar-refractivity contribution in [1.82, 2.24) is 19.7 Å². The van der Waals surface area contributed by atoms with Crippen molar-refractivity contribution < 1.29 is 0 Å². The van der Waals surface area contributed by atoms with Gasteiger partial charge in [0, 0.05) is 44.1 Å². The summed E-state index contributed by atoms with van der Waals surface area (Å²) in [6, 6.07) is 4.40. The molecule has 0 unspecified atom stereocenters. The number of aromatic nitrogens is 3. The first kappa shape index (κ1) is 9.66. The number of aryl methyl sites for hydroxylation is 2. The molecule has 1 aliphatic rings. The molecule has 84 valence electrons. The fourth-order valence-electron chi connectivity index (χ4n) is 2.42. The van der Waals surface area contributed by atoms with Crippen LogP contribution in [0.1, 0.15) is 11.4 Å². The first-order valence-corrected chi connectivity index (χ1v) is 5.65. The van der Waals surface area contributed by atoms with Crippen LogP contribution in [-0.4, -0.2) is 20.9 Å². The van der Waals surface area contributed by atoms with E-state index < -0.39 is 0 Å². The second-order valence-corrected chi connectivity index (χ2v) is 4.34. The number of hydrogen-bond donors (Lipinski definition) is 1. The van der Waals surface area contributed by atoms with Gasteiger partial charge < -0.3 is 9.88 Å². The summed E-state index contributed by atoms with van der Waals surface area (Å²) in [7, 11) is 1.97. The third kappa shape index (κ3) is 1.38. The van der Waals surface area contributed by atoms with Gasteiger partial charge in [0.1, 0.15) is 0 Å². The molecule has 0 saturated carbocycles. The Bertz CT molecular complexity index is 521. The number of hydrogen-bond acceptors (Lipinski definition) is 2. The van der Waals surface area contributed by atoms with Crippen molar-refractivity contribution in [2.75, 3.05) is 6.54 Å². The van der Waals surface area contributed by atoms with E-state index in [1.165, 1.54) is 17.0 Å². The van der Waals surface area contributed by atoms with E-state index in [0.29, 0.717) is 0 Å². The molecule has 0 spiro atoms. The quantitative estimate of drug-likeness (QED) is 0.779. The standard InChI is InChI=1S/C12H16N4/c1-9-11(8-15(2)14-9)12-4-3-10-7-13-5-6-16(10)12/h3-4,8,13H,5-7H2,1-2H3. The SMILES string of the molecule is Cc1nn(C)cc1-c1ccc2n1CCNC2. The van der Waals surface area contributed by atoms with E-state index in [2.05, 4.69) is 40.2 Å². The molecular weight excluding hydrogens is 200 g/mol. The van der Waals surface area contributed by atoms with Gasteiger partial charge in [-0.05, 0) is 19.1 Å². The van der Waals surface area contributed by atoms with Crippen LogP contribution in [0.25, 0.3) is 11.3 Å². The predicted octanol–water partition coefficient (Wildman–Crippen LogP) is 1.30. The van der Waals surface area contributed by atoms with E-state index in [0.717, 1.165) is 25.3 Å². The van der Waals surface area contributed by atoms with Crippen LogP contribution < -0.4 is 5.32 Å². The molecule has 0 radical (unpaired) electrons. The molecule has 2 aromatic rings. The van der Waals surface area contributed by atoms with Crippen LogP contribution >= 0.6 is 0 Å². The molecule has 3 rings (SSSR count). The molecule has 0 aliphatic carbocycles. The van der Waals surface area contributed by atoms with Crippen LogP contribution in [0.5, 0.6) is 0 Å². The van der Waals surface area contributed by atoms with Crippen molar-refractivity contribution in [2.24, 2.45) is 7.05 Å². The molecule has 4 nitrogen and oxygen atoms in total. The zero-order chi connectivity index (χ0) is 11.1. The Labute approximate surface area is 94.9 Å². The highest BCUT2D eigenvalue weighted by molar-refractivity contribution is 5.62. The van der Waals surface area contributed by atoms with E-state index in [9.17, 15) is 0 Å². The van der Waals surface area contributed by atoms with Crippen LogP contribution in [0.4, 0.5) is 0 Å². The molecule has 1 N–H and O–H groups in total. The molecule has 0 fully saturated rings. The molecule has 2 aromatic heterocycles. The third-order valence-electron chi connectivity index (χ3n) is 3.18. The molecule has 16 heavy (non-hydrogen) atoms. The summed E-state index contributed by atoms with van der Waals surface area (Å²) < 4.78 is 4.27. The minimum absolute atomic E-state index is 0.972. The molecular formula is C12H16N4. The average Bonchev–Trinajstić information content (AvgIpc) is 2.81. The normalized spacial score (nSPS) is 15.1. The van der Waals surface area contributed by atoms with Crippen LogP contribution in [0.3, 0.4) is 0 Å². The highest BCUT2D eigenvalue weighted by Gasteiger charge is 2.15. The van der Waals surface area contributed by atoms with E-state index in [1.54, 1.807) is 0 Å². The summed E-state index contributed by atoms with van der Waals surface area (Å²) in [5, 5.41) is 7.79. The molecule has 0 amide bonds. The molecule has 4 heteroatoms. The number of nitrogens with zero attached hydrogens (tertiary/aromatic N) is 3. The summed E-state index contributed by atoms with van der Waals surface area (Å²) >= 11 is 0. The molecule has 1 aliphatic heterocycles. The predicted molar refractivity (Wildman–Crippen MR) is 63.1 cm³/mol. The van der Waals surface area contributed by atoms with Crippen molar-refractivity contribution in [1.29, 1.82) is 0 Å². The van der Waals surface area contributed by atoms with Gasteiger partial charge in [0.15, 0.2) is 0 Å². The molecule has 0 saturated heterocycles. The van der Waals surface area contributed by atoms with Crippen molar-refractivity contribution in [2.45, 2.75) is 20.0 Å². The highest BCUT2D eigenvalue weighted by atomic mass is 15.3. The summed E-state index contributed by atoms with van der Waals surface area (Å²) in [5.74, 6) is 0. The van der Waals surface area contributed by atoms with Gasteiger partial charge in [0.05, 0.1) is 11.4 Å². The summed E-state index contributed by atoms with van der Waals surface area (Å²) in [5.41, 5.74) is 5.00. The topological polar surface area (TPSA) is 34.8 Å². The van der Waals surface area contributed by atoms with Crippen LogP contribution in [-0.2, 0) is 20.1 Å². The Kier molecular flexibility index (Phi) is 2.11. The maximum atomic E-state index is 4.40. The smallest absolute Gasteiger partial charge is 0.0686 e. The second kappa shape index (κ2) is 3.49. The molecule has 3 heterocycles. The lowest BCUT2D eigenvalue weighted by atomic mass is 10.2. The molecule has 0 aromatic carbocycles. The van der Waals surface area contributed by atoms with Crippen molar-refractivity contribution in [3.05, 3.63) is 29.7 Å². The Morgan fingerprint density at radius 2 is 2.25 bits per heavy atom. The monoisotopic (exact) mass is 216 g/mol. The number of rotatable bonds is 1. The van der Waals surface area contributed by atoms with Crippen molar-refractivity contribution in [3.8, 4) is 11.3 Å². The van der Waals surface area contributed by atoms with Gasteiger partial charge in [-0.2, -0.15) is 5.10 Å². The molecule has 0 bridgehead atoms. The largest absolute Gasteiger partial charge is 0.342 e. The Morgan fingerprint density at radius 3 is 3.00 bits per heavy atom. The van der Waals surface area contributed by atoms with E-state index in [1.807, 2.05) is 11.7 Å². The first-order chi connectivity index (χ1) is 7.75. The van der Waals surface area contributed by atoms with Crippen LogP contribution in [0.2, 0.25) is 0 Å². The van der Waals surface area contributed by atoms with E-state index >= 15 is 0 Å². The fourth-order valence-corrected chi connectivity index (χ4v) is 2.42. The van der Waals surface area contributed by atoms with Crippen molar-refractivity contribution >= 4 is 0 Å². The maximum Gasteiger partial charge on any atom is 0.0686 e. The fraction of sp³-hybridized carbons (Fsp3) is 0.417. The maximum absolute atomic E-state index is 4.40. The summed E-state index contributed by atoms with van der Waals surface area (Å²) in [6.45, 7) is 5.13. The van der Waals surface area contributed by atoms with Gasteiger partial charge in [0.25, 0.3) is 0 Å². The lowest BCUT2D eigenvalue weighted by Crippen LogP contribution is -2.27. The minimum atomic E-state index is 0.972. The Morgan fingerprint density at radius 1 is 1.38 bits per heavy atom. The zero-order valence-corrected chi connectivity index (χ0v) is 9.70. The van der Waals surface area contributed by atoms with Gasteiger partial charge in [-0.15, -0.1) is 0 Å². The van der Waals surface area contributed by atoms with Crippen molar-refractivity contribution in [3.63, 3.8) is 0 Å². The van der Waals surface area contributed by atoms with E-state index in [-0.39, 0.29) is 0 Å². The lowest BCUT2D eigenvalue weighted by molar-refractivity contribution is 0.520. The number of fused-ring (bicyclic) bond motifs is 1. The third-order valence-corrected chi connectivity index (χ3v) is 3.18. The number of nitrogens with one attached hydrogen (secondary N) is 1. The van der Waals surface area contributed by atoms with Gasteiger partial charge in [-0.3, -0.25) is 4.68 Å². The highest BCUT2D eigenvalue weighted by Crippen LogP contribution is 2.26. The first-order valence-electron chi connectivity index (χ1n) is 5.65. The van der Waals surface area contributed by atoms with Gasteiger partial charge in [0.2, 0.25) is 0 Å². The summed E-state index contributed by atoms with van der Waals surface area (Å²) in [6.07, 6.45) is 2.10. The summed E-state index contributed by atoms with van der Waals surface area (Å²) in [4.78, 5) is 0. The lowest BCUT2D eigenvalue weighted by Gasteiger charge is -2.18. The van der Waals surface area contributed by atoms with Crippen LogP contribution in [0.15, 0.2) is 18.3 Å². The van der Waals surface area contributed by atoms with Gasteiger partial charge in [-0.25, -0.2) is 0 Å². The van der Waals surface area contributed by atoms with Gasteiger partial charge in [-0.1, -0.05) is 0 Å².